The summed E-state index contributed by atoms with van der Waals surface area (Å²) >= 11 is 0. The minimum Gasteiger partial charge on any atom is -0.378 e. The Bertz CT molecular complexity index is 790. The smallest absolute Gasteiger partial charge is 0.273 e. The van der Waals surface area contributed by atoms with E-state index in [0.717, 1.165) is 49.8 Å². The summed E-state index contributed by atoms with van der Waals surface area (Å²) in [5.41, 5.74) is 1.51. The van der Waals surface area contributed by atoms with E-state index in [1.165, 1.54) is 25.7 Å². The number of hydrogen-bond acceptors (Lipinski definition) is 5. The number of piperidine rings is 1. The van der Waals surface area contributed by atoms with Crippen LogP contribution in [0.2, 0.25) is 0 Å². The van der Waals surface area contributed by atoms with Crippen molar-refractivity contribution in [3.05, 3.63) is 28.2 Å². The van der Waals surface area contributed by atoms with E-state index in [1.807, 2.05) is 13.0 Å². The van der Waals surface area contributed by atoms with Crippen LogP contribution in [-0.4, -0.2) is 41.0 Å². The predicted octanol–water partition coefficient (Wildman–Crippen LogP) is 2.80. The quantitative estimate of drug-likeness (QED) is 0.925. The SMILES string of the molecule is Cc1cc2c(=O)[nH]ncc2nc1N1CCC(OCC2CCCC2)CC1. The number of anilines is 1. The number of fused-ring (bicyclic) bond motifs is 1. The molecule has 1 aliphatic heterocycles. The molecule has 1 N–H and O–H groups in total. The van der Waals surface area contributed by atoms with Crippen molar-refractivity contribution in [3.63, 3.8) is 0 Å². The maximum Gasteiger partial charge on any atom is 0.273 e. The van der Waals surface area contributed by atoms with Gasteiger partial charge in [0.05, 0.1) is 23.2 Å². The average molecular weight is 342 g/mol. The van der Waals surface area contributed by atoms with Gasteiger partial charge in [0.15, 0.2) is 0 Å². The molecule has 0 aromatic carbocycles. The van der Waals surface area contributed by atoms with Crippen LogP contribution in [0, 0.1) is 12.8 Å². The Morgan fingerprint density at radius 1 is 1.24 bits per heavy atom. The zero-order valence-corrected chi connectivity index (χ0v) is 14.8. The summed E-state index contributed by atoms with van der Waals surface area (Å²) in [5, 5.41) is 6.93. The standard InChI is InChI=1S/C19H26N4O2/c1-13-10-16-17(11-20-22-19(16)24)21-18(13)23-8-6-15(7-9-23)25-12-14-4-2-3-5-14/h10-11,14-15H,2-9,12H2,1H3,(H,22,24). The molecule has 25 heavy (non-hydrogen) atoms. The molecular weight excluding hydrogens is 316 g/mol. The molecule has 0 radical (unpaired) electrons. The van der Waals surface area contributed by atoms with Crippen molar-refractivity contribution in [1.82, 2.24) is 15.2 Å². The Kier molecular flexibility index (Phi) is 4.70. The lowest BCUT2D eigenvalue weighted by Gasteiger charge is -2.34. The van der Waals surface area contributed by atoms with E-state index >= 15 is 0 Å². The van der Waals surface area contributed by atoms with Crippen molar-refractivity contribution in [2.24, 2.45) is 5.92 Å². The van der Waals surface area contributed by atoms with Gasteiger partial charge in [0.1, 0.15) is 5.82 Å². The molecule has 2 aliphatic rings. The van der Waals surface area contributed by atoms with Gasteiger partial charge in [0, 0.05) is 19.7 Å². The molecule has 6 heteroatoms. The Hall–Kier alpha value is -1.95. The topological polar surface area (TPSA) is 71.1 Å². The molecule has 0 spiro atoms. The molecule has 2 aromatic heterocycles. The van der Waals surface area contributed by atoms with Gasteiger partial charge in [0.2, 0.25) is 0 Å². The van der Waals surface area contributed by atoms with Crippen molar-refractivity contribution in [1.29, 1.82) is 0 Å². The molecule has 1 saturated carbocycles. The highest BCUT2D eigenvalue weighted by atomic mass is 16.5. The molecule has 2 fully saturated rings. The van der Waals surface area contributed by atoms with Crippen LogP contribution in [0.3, 0.4) is 0 Å². The first-order valence-electron chi connectivity index (χ1n) is 9.42. The van der Waals surface area contributed by atoms with Crippen molar-refractivity contribution in [2.45, 2.75) is 51.6 Å². The molecule has 0 unspecified atom stereocenters. The molecule has 134 valence electrons. The van der Waals surface area contributed by atoms with Crippen LogP contribution in [-0.2, 0) is 4.74 Å². The fourth-order valence-electron chi connectivity index (χ4n) is 4.11. The van der Waals surface area contributed by atoms with Gasteiger partial charge < -0.3 is 9.64 Å². The minimum absolute atomic E-state index is 0.182. The Morgan fingerprint density at radius 2 is 2.00 bits per heavy atom. The van der Waals surface area contributed by atoms with Gasteiger partial charge >= 0.3 is 0 Å². The van der Waals surface area contributed by atoms with Crippen LogP contribution in [0.4, 0.5) is 5.82 Å². The van der Waals surface area contributed by atoms with Crippen LogP contribution < -0.4 is 10.5 Å². The molecule has 1 saturated heterocycles. The van der Waals surface area contributed by atoms with Crippen molar-refractivity contribution in [3.8, 4) is 0 Å². The second-order valence-corrected chi connectivity index (χ2v) is 7.43. The summed E-state index contributed by atoms with van der Waals surface area (Å²) in [6.07, 6.45) is 9.50. The van der Waals surface area contributed by atoms with E-state index < -0.39 is 0 Å². The highest BCUT2D eigenvalue weighted by Crippen LogP contribution is 2.28. The number of aromatic amines is 1. The largest absolute Gasteiger partial charge is 0.378 e. The summed E-state index contributed by atoms with van der Waals surface area (Å²) in [5.74, 6) is 1.75. The fraction of sp³-hybridized carbons (Fsp3) is 0.632. The molecule has 2 aromatic rings. The Balaban J connectivity index is 1.41. The summed E-state index contributed by atoms with van der Waals surface area (Å²) in [4.78, 5) is 18.9. The van der Waals surface area contributed by atoms with Gasteiger partial charge in [0.25, 0.3) is 5.56 Å². The van der Waals surface area contributed by atoms with E-state index in [1.54, 1.807) is 6.20 Å². The third-order valence-electron chi connectivity index (χ3n) is 5.60. The first kappa shape index (κ1) is 16.5. The van der Waals surface area contributed by atoms with Crippen LogP contribution in [0.15, 0.2) is 17.1 Å². The Morgan fingerprint density at radius 3 is 2.76 bits per heavy atom. The predicted molar refractivity (Wildman–Crippen MR) is 98.0 cm³/mol. The van der Waals surface area contributed by atoms with E-state index in [-0.39, 0.29) is 5.56 Å². The van der Waals surface area contributed by atoms with Gasteiger partial charge in [-0.25, -0.2) is 10.1 Å². The summed E-state index contributed by atoms with van der Waals surface area (Å²) in [7, 11) is 0. The summed E-state index contributed by atoms with van der Waals surface area (Å²) in [6, 6.07) is 1.92. The number of rotatable bonds is 4. The molecule has 1 aliphatic carbocycles. The van der Waals surface area contributed by atoms with Gasteiger partial charge in [-0.15, -0.1) is 0 Å². The number of pyridine rings is 1. The lowest BCUT2D eigenvalue weighted by atomic mass is 10.1. The lowest BCUT2D eigenvalue weighted by Crippen LogP contribution is -2.38. The number of aryl methyl sites for hydroxylation is 1. The molecule has 0 atom stereocenters. The molecule has 0 bridgehead atoms. The zero-order chi connectivity index (χ0) is 17.2. The van der Waals surface area contributed by atoms with Crippen LogP contribution in [0.5, 0.6) is 0 Å². The lowest BCUT2D eigenvalue weighted by molar-refractivity contribution is 0.0164. The third-order valence-corrected chi connectivity index (χ3v) is 5.60. The van der Waals surface area contributed by atoms with E-state index in [4.69, 9.17) is 9.72 Å². The third kappa shape index (κ3) is 3.54. The number of hydrogen-bond donors (Lipinski definition) is 1. The van der Waals surface area contributed by atoms with Crippen molar-refractivity contribution < 1.29 is 4.74 Å². The van der Waals surface area contributed by atoms with E-state index in [0.29, 0.717) is 17.0 Å². The average Bonchev–Trinajstić information content (AvgIpc) is 3.14. The van der Waals surface area contributed by atoms with Crippen molar-refractivity contribution in [2.75, 3.05) is 24.6 Å². The molecule has 4 rings (SSSR count). The molecule has 3 heterocycles. The monoisotopic (exact) mass is 342 g/mol. The maximum absolute atomic E-state index is 11.9. The number of ether oxygens (including phenoxy) is 1. The highest BCUT2D eigenvalue weighted by molar-refractivity contribution is 5.80. The number of nitrogens with zero attached hydrogens (tertiary/aromatic N) is 3. The maximum atomic E-state index is 11.9. The fourth-order valence-corrected chi connectivity index (χ4v) is 4.11. The van der Waals surface area contributed by atoms with Crippen LogP contribution >= 0.6 is 0 Å². The zero-order valence-electron chi connectivity index (χ0n) is 14.8. The second-order valence-electron chi connectivity index (χ2n) is 7.43. The highest BCUT2D eigenvalue weighted by Gasteiger charge is 2.24. The van der Waals surface area contributed by atoms with Crippen LogP contribution in [0.1, 0.15) is 44.1 Å². The molecule has 6 nitrogen and oxygen atoms in total. The second kappa shape index (κ2) is 7.12. The number of aromatic nitrogens is 3. The van der Waals surface area contributed by atoms with Gasteiger partial charge in [-0.3, -0.25) is 4.79 Å². The number of nitrogens with one attached hydrogen (secondary N) is 1. The summed E-state index contributed by atoms with van der Waals surface area (Å²) < 4.78 is 6.16. The molecule has 0 amide bonds. The van der Waals surface area contributed by atoms with E-state index in [9.17, 15) is 4.79 Å². The first-order valence-corrected chi connectivity index (χ1v) is 9.42. The van der Waals surface area contributed by atoms with Crippen LogP contribution in [0.25, 0.3) is 10.9 Å². The van der Waals surface area contributed by atoms with Gasteiger partial charge in [-0.2, -0.15) is 5.10 Å². The van der Waals surface area contributed by atoms with Gasteiger partial charge in [-0.1, -0.05) is 12.8 Å². The van der Waals surface area contributed by atoms with Crippen molar-refractivity contribution >= 4 is 16.7 Å². The minimum atomic E-state index is -0.182. The first-order chi connectivity index (χ1) is 12.2. The molecular formula is C19H26N4O2. The number of H-pyrrole nitrogens is 1. The Labute approximate surface area is 147 Å². The summed E-state index contributed by atoms with van der Waals surface area (Å²) in [6.45, 7) is 4.85. The normalized spacial score (nSPS) is 19.8. The van der Waals surface area contributed by atoms with Gasteiger partial charge in [-0.05, 0) is 50.2 Å². The van der Waals surface area contributed by atoms with E-state index in [2.05, 4.69) is 15.1 Å².